The normalized spacial score (nSPS) is 24.3. The second-order valence-electron chi connectivity index (χ2n) is 9.09. The molecule has 1 aromatic rings. The van der Waals surface area contributed by atoms with Gasteiger partial charge in [0.05, 0.1) is 10.5 Å². The molecule has 5 nitrogen and oxygen atoms in total. The van der Waals surface area contributed by atoms with E-state index >= 15 is 0 Å². The van der Waals surface area contributed by atoms with Crippen LogP contribution in [0.2, 0.25) is 0 Å². The molecule has 1 saturated heterocycles. The second kappa shape index (κ2) is 8.44. The monoisotopic (exact) mass is 470 g/mol. The fourth-order valence-corrected chi connectivity index (χ4v) is 6.47. The molecular weight excluding hydrogens is 440 g/mol. The van der Waals surface area contributed by atoms with Crippen molar-refractivity contribution in [1.29, 1.82) is 0 Å². The van der Waals surface area contributed by atoms with Crippen molar-refractivity contribution in [2.45, 2.75) is 70.2 Å². The van der Waals surface area contributed by atoms with Gasteiger partial charge in [0, 0.05) is 23.6 Å². The van der Waals surface area contributed by atoms with Crippen LogP contribution in [0.1, 0.15) is 69.7 Å². The number of nitrogens with one attached hydrogen (secondary N) is 1. The third kappa shape index (κ3) is 4.62. The molecule has 2 aliphatic rings. The Hall–Kier alpha value is -0.920. The van der Waals surface area contributed by atoms with Gasteiger partial charge >= 0.3 is 0 Å². The predicted molar refractivity (Wildman–Crippen MR) is 115 cm³/mol. The van der Waals surface area contributed by atoms with E-state index in [4.69, 9.17) is 0 Å². The van der Waals surface area contributed by atoms with Gasteiger partial charge in [-0.1, -0.05) is 33.6 Å². The summed E-state index contributed by atoms with van der Waals surface area (Å²) >= 11 is 3.43. The van der Waals surface area contributed by atoms with Crippen LogP contribution in [0.4, 0.5) is 0 Å². The van der Waals surface area contributed by atoms with Crippen molar-refractivity contribution in [3.05, 3.63) is 28.2 Å². The van der Waals surface area contributed by atoms with Crippen molar-refractivity contribution in [1.82, 2.24) is 9.62 Å². The molecule has 0 aromatic heterocycles. The summed E-state index contributed by atoms with van der Waals surface area (Å²) in [6.45, 7) is 7.77. The molecule has 2 atom stereocenters. The van der Waals surface area contributed by atoms with E-state index in [0.29, 0.717) is 29.0 Å². The van der Waals surface area contributed by atoms with E-state index in [9.17, 15) is 13.2 Å². The number of sulfonamides is 1. The van der Waals surface area contributed by atoms with Crippen molar-refractivity contribution in [3.63, 3.8) is 0 Å². The van der Waals surface area contributed by atoms with Crippen LogP contribution in [0.3, 0.4) is 0 Å². The Morgan fingerprint density at radius 2 is 1.75 bits per heavy atom. The minimum absolute atomic E-state index is 0.118. The van der Waals surface area contributed by atoms with Crippen molar-refractivity contribution >= 4 is 31.9 Å². The fraction of sp³-hybridized carbons (Fsp3) is 0.667. The molecule has 1 aliphatic heterocycles. The zero-order valence-electron chi connectivity index (χ0n) is 17.0. The minimum Gasteiger partial charge on any atom is -0.349 e. The highest BCUT2D eigenvalue weighted by molar-refractivity contribution is 9.10. The number of hydrogen-bond acceptors (Lipinski definition) is 3. The highest BCUT2D eigenvalue weighted by atomic mass is 79.9. The quantitative estimate of drug-likeness (QED) is 0.700. The summed E-state index contributed by atoms with van der Waals surface area (Å²) in [4.78, 5) is 13.3. The lowest BCUT2D eigenvalue weighted by molar-refractivity contribution is 0.0829. The number of rotatable bonds is 4. The third-order valence-corrected chi connectivity index (χ3v) is 8.67. The number of nitrogens with zero attached hydrogens (tertiary/aromatic N) is 1. The first-order valence-corrected chi connectivity index (χ1v) is 12.4. The van der Waals surface area contributed by atoms with Gasteiger partial charge in [0.2, 0.25) is 10.0 Å². The molecule has 3 rings (SSSR count). The van der Waals surface area contributed by atoms with E-state index in [1.165, 1.54) is 16.8 Å². The van der Waals surface area contributed by atoms with Crippen molar-refractivity contribution in [3.8, 4) is 0 Å². The van der Waals surface area contributed by atoms with Gasteiger partial charge in [-0.3, -0.25) is 4.79 Å². The van der Waals surface area contributed by atoms with Crippen LogP contribution in [-0.4, -0.2) is 37.8 Å². The van der Waals surface area contributed by atoms with Crippen LogP contribution in [0, 0.1) is 11.3 Å². The fourth-order valence-electron chi connectivity index (χ4n) is 4.50. The number of benzene rings is 1. The van der Waals surface area contributed by atoms with Gasteiger partial charge in [-0.2, -0.15) is 4.31 Å². The molecule has 7 heteroatoms. The summed E-state index contributed by atoms with van der Waals surface area (Å²) < 4.78 is 27.9. The van der Waals surface area contributed by atoms with Gasteiger partial charge in [0.25, 0.3) is 5.91 Å². The lowest BCUT2D eigenvalue weighted by atomic mass is 9.69. The minimum atomic E-state index is -3.55. The first-order valence-electron chi connectivity index (χ1n) is 10.2. The third-order valence-electron chi connectivity index (χ3n) is 6.08. The summed E-state index contributed by atoms with van der Waals surface area (Å²) in [7, 11) is -3.55. The summed E-state index contributed by atoms with van der Waals surface area (Å²) in [5.74, 6) is 0.215. The zero-order valence-corrected chi connectivity index (χ0v) is 19.4. The van der Waals surface area contributed by atoms with Gasteiger partial charge < -0.3 is 5.32 Å². The number of halogens is 1. The van der Waals surface area contributed by atoms with Gasteiger partial charge in [0.15, 0.2) is 0 Å². The Labute approximate surface area is 177 Å². The molecule has 1 heterocycles. The molecule has 28 heavy (non-hydrogen) atoms. The Bertz CT molecular complexity index is 827. The van der Waals surface area contributed by atoms with E-state index in [1.54, 1.807) is 12.1 Å². The van der Waals surface area contributed by atoms with Gasteiger partial charge in [-0.15, -0.1) is 0 Å². The van der Waals surface area contributed by atoms with Crippen LogP contribution in [0.15, 0.2) is 27.6 Å². The highest BCUT2D eigenvalue weighted by Gasteiger charge is 2.35. The van der Waals surface area contributed by atoms with E-state index in [0.717, 1.165) is 32.1 Å². The molecular formula is C21H31BrN2O3S. The van der Waals surface area contributed by atoms with Crippen molar-refractivity contribution in [2.75, 3.05) is 13.1 Å². The van der Waals surface area contributed by atoms with E-state index in [-0.39, 0.29) is 22.3 Å². The topological polar surface area (TPSA) is 66.5 Å². The molecule has 0 bridgehead atoms. The number of carbonyl (C=O) groups excluding carboxylic acids is 1. The second-order valence-corrected chi connectivity index (χ2v) is 11.9. The maximum absolute atomic E-state index is 13.1. The molecule has 2 fully saturated rings. The molecule has 1 amide bonds. The lowest BCUT2D eigenvalue weighted by Crippen LogP contribution is -2.46. The van der Waals surface area contributed by atoms with Crippen LogP contribution in [0.25, 0.3) is 0 Å². The zero-order chi connectivity index (χ0) is 20.5. The number of hydrogen-bond donors (Lipinski definition) is 1. The first-order chi connectivity index (χ1) is 13.1. The molecule has 1 aliphatic carbocycles. The maximum atomic E-state index is 13.1. The molecule has 0 radical (unpaired) electrons. The largest absolute Gasteiger partial charge is 0.349 e. The average molecular weight is 471 g/mol. The SMILES string of the molecule is CC(C)(C)C1CCCCC1NC(=O)c1cc(S(=O)(=O)N2CCCC2)ccc1Br. The van der Waals surface area contributed by atoms with Gasteiger partial charge in [0.1, 0.15) is 0 Å². The summed E-state index contributed by atoms with van der Waals surface area (Å²) in [6.07, 6.45) is 6.16. The van der Waals surface area contributed by atoms with Crippen LogP contribution < -0.4 is 5.32 Å². The molecule has 2 unspecified atom stereocenters. The first kappa shape index (κ1) is 21.8. The summed E-state index contributed by atoms with van der Waals surface area (Å²) in [6, 6.07) is 4.88. The van der Waals surface area contributed by atoms with Crippen LogP contribution in [-0.2, 0) is 10.0 Å². The Kier molecular flexibility index (Phi) is 6.57. The van der Waals surface area contributed by atoms with E-state index in [1.807, 2.05) is 0 Å². The smallest absolute Gasteiger partial charge is 0.252 e. The molecule has 1 N–H and O–H groups in total. The number of carbonyl (C=O) groups is 1. The molecule has 156 valence electrons. The number of amides is 1. The van der Waals surface area contributed by atoms with Gasteiger partial charge in [-0.25, -0.2) is 8.42 Å². The predicted octanol–water partition coefficient (Wildman–Crippen LogP) is 4.57. The Morgan fingerprint density at radius 3 is 2.39 bits per heavy atom. The summed E-state index contributed by atoms with van der Waals surface area (Å²) in [5.41, 5.74) is 0.509. The van der Waals surface area contributed by atoms with E-state index in [2.05, 4.69) is 42.0 Å². The maximum Gasteiger partial charge on any atom is 0.252 e. The Balaban J connectivity index is 1.83. The lowest BCUT2D eigenvalue weighted by Gasteiger charge is -2.40. The molecule has 0 spiro atoms. The van der Waals surface area contributed by atoms with Gasteiger partial charge in [-0.05, 0) is 71.1 Å². The van der Waals surface area contributed by atoms with Crippen LogP contribution >= 0.6 is 15.9 Å². The summed E-state index contributed by atoms with van der Waals surface area (Å²) in [5, 5.41) is 3.20. The van der Waals surface area contributed by atoms with E-state index < -0.39 is 10.0 Å². The highest BCUT2D eigenvalue weighted by Crippen LogP contribution is 2.38. The average Bonchev–Trinajstić information content (AvgIpc) is 3.17. The molecule has 1 aromatic carbocycles. The van der Waals surface area contributed by atoms with Crippen molar-refractivity contribution in [2.24, 2.45) is 11.3 Å². The molecule has 1 saturated carbocycles. The van der Waals surface area contributed by atoms with Crippen molar-refractivity contribution < 1.29 is 13.2 Å². The Morgan fingerprint density at radius 1 is 1.11 bits per heavy atom. The van der Waals surface area contributed by atoms with Crippen LogP contribution in [0.5, 0.6) is 0 Å². The standard InChI is InChI=1S/C21H31BrN2O3S/c1-21(2,3)17-8-4-5-9-19(17)23-20(25)16-14-15(10-11-18(16)22)28(26,27)24-12-6-7-13-24/h10-11,14,17,19H,4-9,12-13H2,1-3H3,(H,23,25).